The summed E-state index contributed by atoms with van der Waals surface area (Å²) in [6, 6.07) is 0. The minimum absolute atomic E-state index is 0.0738. The van der Waals surface area contributed by atoms with Crippen LogP contribution >= 0.6 is 0 Å². The third-order valence-corrected chi connectivity index (χ3v) is 1.73. The largest absolute Gasteiger partial charge is 0.379 e. The number of ketones is 1. The first-order chi connectivity index (χ1) is 5.72. The summed E-state index contributed by atoms with van der Waals surface area (Å²) in [4.78, 5) is 21.5. The summed E-state index contributed by atoms with van der Waals surface area (Å²) >= 11 is 0. The summed E-state index contributed by atoms with van der Waals surface area (Å²) in [5.41, 5.74) is 0.864. The topological polar surface area (TPSA) is 58.2 Å². The zero-order valence-corrected chi connectivity index (χ0v) is 7.02. The monoisotopic (exact) mass is 168 g/mol. The lowest BCUT2D eigenvalue weighted by atomic mass is 10.3. The second-order valence-electron chi connectivity index (χ2n) is 2.66. The Morgan fingerprint density at radius 3 is 2.83 bits per heavy atom. The van der Waals surface area contributed by atoms with Crippen LogP contribution in [0.3, 0.4) is 0 Å². The highest BCUT2D eigenvalue weighted by Crippen LogP contribution is 2.10. The zero-order chi connectivity index (χ0) is 8.97. The van der Waals surface area contributed by atoms with Crippen molar-refractivity contribution < 1.29 is 9.59 Å². The van der Waals surface area contributed by atoms with Crippen LogP contribution in [0, 0.1) is 0 Å². The number of nitrogens with one attached hydrogen (secondary N) is 2. The molecule has 2 N–H and O–H groups in total. The number of carbonyl (C=O) groups excluding carboxylic acids is 2. The normalized spacial score (nSPS) is 15.8. The zero-order valence-electron chi connectivity index (χ0n) is 7.02. The Hall–Kier alpha value is -1.32. The Bertz CT molecular complexity index is 233. The lowest BCUT2D eigenvalue weighted by molar-refractivity contribution is -0.119. The van der Waals surface area contributed by atoms with E-state index in [2.05, 4.69) is 10.6 Å². The fourth-order valence-corrected chi connectivity index (χ4v) is 1.02. The second-order valence-corrected chi connectivity index (χ2v) is 2.66. The summed E-state index contributed by atoms with van der Waals surface area (Å²) in [5, 5.41) is 5.38. The predicted octanol–water partition coefficient (Wildman–Crippen LogP) is -0.431. The van der Waals surface area contributed by atoms with Gasteiger partial charge in [-0.15, -0.1) is 0 Å². The van der Waals surface area contributed by atoms with Crippen molar-refractivity contribution in [2.24, 2.45) is 0 Å². The molecule has 0 aliphatic heterocycles. The van der Waals surface area contributed by atoms with E-state index in [9.17, 15) is 9.59 Å². The van der Waals surface area contributed by atoms with Crippen molar-refractivity contribution in [1.29, 1.82) is 0 Å². The fourth-order valence-electron chi connectivity index (χ4n) is 1.02. The summed E-state index contributed by atoms with van der Waals surface area (Å²) < 4.78 is 0. The maximum absolute atomic E-state index is 10.8. The molecular weight excluding hydrogens is 156 g/mol. The Balaban J connectivity index is 2.28. The van der Waals surface area contributed by atoms with Crippen LogP contribution in [0.15, 0.2) is 11.8 Å². The van der Waals surface area contributed by atoms with Crippen LogP contribution in [0.5, 0.6) is 0 Å². The Kier molecular flexibility index (Phi) is 2.85. The minimum atomic E-state index is -0.0738. The van der Waals surface area contributed by atoms with Gasteiger partial charge in [0.05, 0.1) is 6.54 Å². The molecule has 0 saturated heterocycles. The maximum atomic E-state index is 10.8. The van der Waals surface area contributed by atoms with E-state index >= 15 is 0 Å². The first kappa shape index (κ1) is 8.77. The summed E-state index contributed by atoms with van der Waals surface area (Å²) in [6.45, 7) is 0.246. The lowest BCUT2D eigenvalue weighted by Gasteiger charge is -2.04. The van der Waals surface area contributed by atoms with Gasteiger partial charge in [0.25, 0.3) is 0 Å². The van der Waals surface area contributed by atoms with E-state index in [-0.39, 0.29) is 18.2 Å². The van der Waals surface area contributed by atoms with Crippen molar-refractivity contribution in [3.05, 3.63) is 11.8 Å². The number of hydrogen-bond donors (Lipinski definition) is 2. The molecule has 0 aromatic rings. The molecule has 0 unspecified atom stereocenters. The van der Waals surface area contributed by atoms with Crippen LogP contribution in [0.4, 0.5) is 0 Å². The third kappa shape index (κ3) is 2.38. The summed E-state index contributed by atoms with van der Waals surface area (Å²) in [6.07, 6.45) is 2.86. The van der Waals surface area contributed by atoms with E-state index in [1.807, 2.05) is 0 Å². The molecule has 0 heterocycles. The molecule has 0 bridgehead atoms. The van der Waals surface area contributed by atoms with Crippen molar-refractivity contribution in [2.45, 2.75) is 12.8 Å². The van der Waals surface area contributed by atoms with Gasteiger partial charge < -0.3 is 10.6 Å². The highest BCUT2D eigenvalue weighted by atomic mass is 16.1. The standard InChI is InChI=1S/C8H12N2O2/c1-9-8(12)5-10-6-2-3-7(11)4-6/h4,10H,2-3,5H2,1H3,(H,9,12). The van der Waals surface area contributed by atoms with Gasteiger partial charge in [-0.1, -0.05) is 0 Å². The first-order valence-corrected chi connectivity index (χ1v) is 3.90. The second kappa shape index (κ2) is 3.90. The van der Waals surface area contributed by atoms with Gasteiger partial charge in [-0.05, 0) is 6.42 Å². The quantitative estimate of drug-likeness (QED) is 0.601. The van der Waals surface area contributed by atoms with Gasteiger partial charge in [0.15, 0.2) is 5.78 Å². The molecule has 0 radical (unpaired) electrons. The van der Waals surface area contributed by atoms with Crippen molar-refractivity contribution in [1.82, 2.24) is 10.6 Å². The molecule has 0 aromatic carbocycles. The molecule has 1 aliphatic carbocycles. The molecule has 0 saturated carbocycles. The van der Waals surface area contributed by atoms with Crippen LogP contribution in [-0.4, -0.2) is 25.3 Å². The Morgan fingerprint density at radius 1 is 1.58 bits per heavy atom. The van der Waals surface area contributed by atoms with Gasteiger partial charge in [-0.25, -0.2) is 0 Å². The van der Waals surface area contributed by atoms with Gasteiger partial charge in [0.1, 0.15) is 0 Å². The molecule has 4 heteroatoms. The average molecular weight is 168 g/mol. The number of allylic oxidation sites excluding steroid dienone is 2. The summed E-state index contributed by atoms with van der Waals surface area (Å²) in [7, 11) is 1.58. The number of carbonyl (C=O) groups is 2. The predicted molar refractivity (Wildman–Crippen MR) is 44.4 cm³/mol. The van der Waals surface area contributed by atoms with E-state index in [0.717, 1.165) is 12.1 Å². The smallest absolute Gasteiger partial charge is 0.239 e. The van der Waals surface area contributed by atoms with Crippen molar-refractivity contribution in [3.63, 3.8) is 0 Å². The van der Waals surface area contributed by atoms with Crippen molar-refractivity contribution >= 4 is 11.7 Å². The molecule has 0 spiro atoms. The van der Waals surface area contributed by atoms with E-state index in [4.69, 9.17) is 0 Å². The highest BCUT2D eigenvalue weighted by molar-refractivity contribution is 5.93. The highest BCUT2D eigenvalue weighted by Gasteiger charge is 2.11. The average Bonchev–Trinajstić information content (AvgIpc) is 2.47. The molecule has 4 nitrogen and oxygen atoms in total. The van der Waals surface area contributed by atoms with E-state index in [1.165, 1.54) is 0 Å². The molecule has 0 atom stereocenters. The molecule has 66 valence electrons. The third-order valence-electron chi connectivity index (χ3n) is 1.73. The van der Waals surface area contributed by atoms with E-state index in [1.54, 1.807) is 13.1 Å². The van der Waals surface area contributed by atoms with Crippen molar-refractivity contribution in [3.8, 4) is 0 Å². The summed E-state index contributed by atoms with van der Waals surface area (Å²) in [5.74, 6) is 0.0599. The van der Waals surface area contributed by atoms with Crippen LogP contribution in [0.1, 0.15) is 12.8 Å². The number of rotatable bonds is 3. The van der Waals surface area contributed by atoms with Crippen LogP contribution in [0.2, 0.25) is 0 Å². The van der Waals surface area contributed by atoms with E-state index < -0.39 is 0 Å². The van der Waals surface area contributed by atoms with Crippen molar-refractivity contribution in [2.75, 3.05) is 13.6 Å². The lowest BCUT2D eigenvalue weighted by Crippen LogP contribution is -2.30. The van der Waals surface area contributed by atoms with Gasteiger partial charge in [-0.2, -0.15) is 0 Å². The molecule has 1 rings (SSSR count). The number of likely N-dealkylation sites (N-methyl/N-ethyl adjacent to an activating group) is 1. The van der Waals surface area contributed by atoms with Gasteiger partial charge >= 0.3 is 0 Å². The Morgan fingerprint density at radius 2 is 2.33 bits per heavy atom. The van der Waals surface area contributed by atoms with Gasteiger partial charge in [0.2, 0.25) is 5.91 Å². The minimum Gasteiger partial charge on any atom is -0.379 e. The molecule has 1 amide bonds. The fraction of sp³-hybridized carbons (Fsp3) is 0.500. The van der Waals surface area contributed by atoms with Gasteiger partial charge in [0, 0.05) is 25.2 Å². The molecular formula is C8H12N2O2. The molecule has 1 aliphatic rings. The maximum Gasteiger partial charge on any atom is 0.239 e. The van der Waals surface area contributed by atoms with Gasteiger partial charge in [-0.3, -0.25) is 9.59 Å². The van der Waals surface area contributed by atoms with E-state index in [0.29, 0.717) is 6.42 Å². The molecule has 0 aromatic heterocycles. The van der Waals surface area contributed by atoms with Crippen LogP contribution < -0.4 is 10.6 Å². The van der Waals surface area contributed by atoms with Crippen LogP contribution in [-0.2, 0) is 9.59 Å². The number of amides is 1. The first-order valence-electron chi connectivity index (χ1n) is 3.90. The molecule has 0 fully saturated rings. The van der Waals surface area contributed by atoms with Crippen LogP contribution in [0.25, 0.3) is 0 Å². The SMILES string of the molecule is CNC(=O)CNC1=CC(=O)CC1. The Labute approximate surface area is 71.0 Å². The molecule has 12 heavy (non-hydrogen) atoms. The number of hydrogen-bond acceptors (Lipinski definition) is 3.